The van der Waals surface area contributed by atoms with Crippen LogP contribution in [0.25, 0.3) is 16.9 Å². The molecular weight excluding hydrogens is 266 g/mol. The highest BCUT2D eigenvalue weighted by Crippen LogP contribution is 2.32. The molecule has 0 amide bonds. The number of benzene rings is 1. The van der Waals surface area contributed by atoms with E-state index in [9.17, 15) is 10.0 Å². The standard InChI is InChI=1S/C16H15N3O2/c1-2-11-5-7-12(8-6-11)14-16(18-21)19-9-3-4-13(10-20)15(19)17-14/h3-9,20H,2,10H2,1H3. The minimum atomic E-state index is -0.131. The zero-order valence-corrected chi connectivity index (χ0v) is 11.7. The van der Waals surface area contributed by atoms with Gasteiger partial charge >= 0.3 is 0 Å². The van der Waals surface area contributed by atoms with Gasteiger partial charge in [0.1, 0.15) is 11.3 Å². The monoisotopic (exact) mass is 281 g/mol. The summed E-state index contributed by atoms with van der Waals surface area (Å²) in [5.41, 5.74) is 3.82. The molecule has 0 saturated carbocycles. The first-order valence-electron chi connectivity index (χ1n) is 6.82. The van der Waals surface area contributed by atoms with Gasteiger partial charge < -0.3 is 5.11 Å². The van der Waals surface area contributed by atoms with Crippen LogP contribution in [0, 0.1) is 4.91 Å². The third kappa shape index (κ3) is 2.21. The van der Waals surface area contributed by atoms with E-state index in [1.807, 2.05) is 24.3 Å². The van der Waals surface area contributed by atoms with Crippen LogP contribution in [0.5, 0.6) is 0 Å². The van der Waals surface area contributed by atoms with Crippen molar-refractivity contribution in [3.63, 3.8) is 0 Å². The average Bonchev–Trinajstić information content (AvgIpc) is 2.93. The first-order chi connectivity index (χ1) is 10.3. The number of nitroso groups, excluding NO2 is 1. The maximum absolute atomic E-state index is 11.2. The van der Waals surface area contributed by atoms with Gasteiger partial charge in [0.2, 0.25) is 5.82 Å². The van der Waals surface area contributed by atoms with E-state index in [0.29, 0.717) is 16.9 Å². The Hall–Kier alpha value is -2.53. The van der Waals surface area contributed by atoms with Crippen LogP contribution >= 0.6 is 0 Å². The molecule has 5 heteroatoms. The molecule has 0 fully saturated rings. The smallest absolute Gasteiger partial charge is 0.209 e. The molecule has 0 aliphatic rings. The maximum Gasteiger partial charge on any atom is 0.209 e. The molecule has 3 aromatic rings. The summed E-state index contributed by atoms with van der Waals surface area (Å²) in [6.07, 6.45) is 2.68. The molecule has 0 radical (unpaired) electrons. The van der Waals surface area contributed by atoms with E-state index in [1.54, 1.807) is 22.7 Å². The number of aliphatic hydroxyl groups is 1. The van der Waals surface area contributed by atoms with Gasteiger partial charge in [0, 0.05) is 17.3 Å². The molecule has 2 heterocycles. The van der Waals surface area contributed by atoms with E-state index in [4.69, 9.17) is 0 Å². The fourth-order valence-electron chi connectivity index (χ4n) is 2.41. The molecule has 5 nitrogen and oxygen atoms in total. The van der Waals surface area contributed by atoms with Gasteiger partial charge in [0.05, 0.1) is 6.61 Å². The van der Waals surface area contributed by atoms with Crippen molar-refractivity contribution in [3.8, 4) is 11.3 Å². The zero-order chi connectivity index (χ0) is 14.8. The molecule has 21 heavy (non-hydrogen) atoms. The van der Waals surface area contributed by atoms with Crippen molar-refractivity contribution >= 4 is 11.5 Å². The lowest BCUT2D eigenvalue weighted by Crippen LogP contribution is -1.90. The van der Waals surface area contributed by atoms with Gasteiger partial charge in [-0.05, 0) is 23.2 Å². The Balaban J connectivity index is 2.23. The second kappa shape index (κ2) is 5.46. The zero-order valence-electron chi connectivity index (χ0n) is 11.7. The van der Waals surface area contributed by atoms with Crippen molar-refractivity contribution < 1.29 is 5.11 Å². The van der Waals surface area contributed by atoms with Gasteiger partial charge in [-0.1, -0.05) is 37.3 Å². The number of rotatable bonds is 4. The fraction of sp³-hybridized carbons (Fsp3) is 0.188. The summed E-state index contributed by atoms with van der Waals surface area (Å²) < 4.78 is 1.61. The molecule has 0 unspecified atom stereocenters. The van der Waals surface area contributed by atoms with Crippen LogP contribution in [0.2, 0.25) is 0 Å². The largest absolute Gasteiger partial charge is 0.392 e. The summed E-state index contributed by atoms with van der Waals surface area (Å²) in [6, 6.07) is 11.4. The molecule has 2 aromatic heterocycles. The topological polar surface area (TPSA) is 67.0 Å². The predicted molar refractivity (Wildman–Crippen MR) is 81.4 cm³/mol. The third-order valence-corrected chi connectivity index (χ3v) is 3.60. The van der Waals surface area contributed by atoms with E-state index in [2.05, 4.69) is 17.1 Å². The van der Waals surface area contributed by atoms with E-state index in [-0.39, 0.29) is 12.4 Å². The Morgan fingerprint density at radius 3 is 2.62 bits per heavy atom. The minimum Gasteiger partial charge on any atom is -0.392 e. The van der Waals surface area contributed by atoms with Crippen LogP contribution in [-0.2, 0) is 13.0 Å². The number of nitrogens with zero attached hydrogens (tertiary/aromatic N) is 3. The number of pyridine rings is 1. The van der Waals surface area contributed by atoms with Crippen LogP contribution in [0.3, 0.4) is 0 Å². The highest BCUT2D eigenvalue weighted by Gasteiger charge is 2.16. The predicted octanol–water partition coefficient (Wildman–Crippen LogP) is 3.45. The lowest BCUT2D eigenvalue weighted by Gasteiger charge is -2.00. The van der Waals surface area contributed by atoms with Crippen molar-refractivity contribution in [2.24, 2.45) is 5.18 Å². The number of hydrogen-bond acceptors (Lipinski definition) is 4. The summed E-state index contributed by atoms with van der Waals surface area (Å²) in [7, 11) is 0. The van der Waals surface area contributed by atoms with E-state index >= 15 is 0 Å². The summed E-state index contributed by atoms with van der Waals surface area (Å²) >= 11 is 0. The molecule has 0 bridgehead atoms. The van der Waals surface area contributed by atoms with Crippen LogP contribution in [0.1, 0.15) is 18.1 Å². The first-order valence-corrected chi connectivity index (χ1v) is 6.82. The van der Waals surface area contributed by atoms with Crippen LogP contribution < -0.4 is 0 Å². The summed E-state index contributed by atoms with van der Waals surface area (Å²) in [5.74, 6) is 0.254. The quantitative estimate of drug-likeness (QED) is 0.745. The van der Waals surface area contributed by atoms with E-state index in [1.165, 1.54) is 5.56 Å². The van der Waals surface area contributed by atoms with Crippen LogP contribution in [0.15, 0.2) is 47.8 Å². The van der Waals surface area contributed by atoms with Crippen LogP contribution in [-0.4, -0.2) is 14.5 Å². The molecule has 1 aromatic carbocycles. The van der Waals surface area contributed by atoms with Crippen molar-refractivity contribution in [3.05, 3.63) is 58.6 Å². The number of fused-ring (bicyclic) bond motifs is 1. The Morgan fingerprint density at radius 1 is 1.24 bits per heavy atom. The number of aromatic nitrogens is 2. The first kappa shape index (κ1) is 13.5. The molecule has 1 N–H and O–H groups in total. The van der Waals surface area contributed by atoms with Crippen LogP contribution in [0.4, 0.5) is 5.82 Å². The lowest BCUT2D eigenvalue weighted by atomic mass is 10.1. The molecule has 0 saturated heterocycles. The summed E-state index contributed by atoms with van der Waals surface area (Å²) in [6.45, 7) is 1.96. The average molecular weight is 281 g/mol. The number of aliphatic hydroxyl groups excluding tert-OH is 1. The molecule has 106 valence electrons. The SMILES string of the molecule is CCc1ccc(-c2nc3c(CO)cccn3c2N=O)cc1. The molecule has 0 aliphatic carbocycles. The molecule has 0 spiro atoms. The van der Waals surface area contributed by atoms with Gasteiger partial charge in [-0.25, -0.2) is 4.98 Å². The van der Waals surface area contributed by atoms with Crippen molar-refractivity contribution in [1.82, 2.24) is 9.38 Å². The Labute approximate surface area is 121 Å². The molecule has 0 aliphatic heterocycles. The third-order valence-electron chi connectivity index (χ3n) is 3.60. The molecular formula is C16H15N3O2. The van der Waals surface area contributed by atoms with Crippen molar-refractivity contribution in [2.45, 2.75) is 20.0 Å². The Bertz CT molecular complexity index is 791. The highest BCUT2D eigenvalue weighted by atomic mass is 16.3. The second-order valence-electron chi connectivity index (χ2n) is 4.81. The van der Waals surface area contributed by atoms with E-state index in [0.717, 1.165) is 12.0 Å². The van der Waals surface area contributed by atoms with Crippen molar-refractivity contribution in [2.75, 3.05) is 0 Å². The summed E-state index contributed by atoms with van der Waals surface area (Å²) in [5, 5.41) is 12.5. The van der Waals surface area contributed by atoms with Gasteiger partial charge in [-0.15, -0.1) is 4.91 Å². The van der Waals surface area contributed by atoms with E-state index < -0.39 is 0 Å². The Kier molecular flexibility index (Phi) is 3.50. The molecule has 0 atom stereocenters. The van der Waals surface area contributed by atoms with Gasteiger partial charge in [-0.3, -0.25) is 4.40 Å². The maximum atomic E-state index is 11.2. The Morgan fingerprint density at radius 2 is 2.00 bits per heavy atom. The minimum absolute atomic E-state index is 0.131. The molecule has 3 rings (SSSR count). The van der Waals surface area contributed by atoms with Gasteiger partial charge in [-0.2, -0.15) is 0 Å². The summed E-state index contributed by atoms with van der Waals surface area (Å²) in [4.78, 5) is 15.7. The number of aryl methyl sites for hydroxylation is 1. The van der Waals surface area contributed by atoms with Gasteiger partial charge in [0.15, 0.2) is 0 Å². The lowest BCUT2D eigenvalue weighted by molar-refractivity contribution is 0.282. The fourth-order valence-corrected chi connectivity index (χ4v) is 2.41. The number of hydrogen-bond donors (Lipinski definition) is 1. The normalized spacial score (nSPS) is 11.0. The number of imidazole rings is 1. The highest BCUT2D eigenvalue weighted by molar-refractivity contribution is 5.75. The van der Waals surface area contributed by atoms with Crippen molar-refractivity contribution in [1.29, 1.82) is 0 Å². The second-order valence-corrected chi connectivity index (χ2v) is 4.81. The van der Waals surface area contributed by atoms with Gasteiger partial charge in [0.25, 0.3) is 0 Å².